The van der Waals surface area contributed by atoms with Gasteiger partial charge in [-0.3, -0.25) is 4.79 Å². The molecule has 0 aliphatic carbocycles. The molecule has 0 bridgehead atoms. The van der Waals surface area contributed by atoms with Crippen molar-refractivity contribution in [2.45, 2.75) is 19.0 Å². The molecule has 1 aliphatic heterocycles. The number of alkyl halides is 3. The van der Waals surface area contributed by atoms with E-state index in [0.29, 0.717) is 24.2 Å². The molecule has 0 spiro atoms. The molecule has 0 fully saturated rings. The van der Waals surface area contributed by atoms with Crippen molar-refractivity contribution in [3.8, 4) is 0 Å². The topological polar surface area (TPSA) is 70.2 Å². The highest BCUT2D eigenvalue weighted by molar-refractivity contribution is 5.94. The summed E-state index contributed by atoms with van der Waals surface area (Å²) in [5.74, 6) is -0.250. The van der Waals surface area contributed by atoms with Gasteiger partial charge < -0.3 is 15.5 Å². The summed E-state index contributed by atoms with van der Waals surface area (Å²) in [6.07, 6.45) is -2.84. The summed E-state index contributed by atoms with van der Waals surface area (Å²) in [6.45, 7) is 0. The van der Waals surface area contributed by atoms with Crippen LogP contribution in [0.1, 0.15) is 17.5 Å². The molecule has 2 heterocycles. The number of para-hydroxylation sites is 1. The number of hydrogen-bond donors (Lipinski definition) is 2. The van der Waals surface area contributed by atoms with Gasteiger partial charge in [-0.1, -0.05) is 18.2 Å². The number of anilines is 5. The standard InChI is InChI=1S/C21H18F3N5O/c1-29(15-5-3-2-4-6-15)19-16(21(22,23)24)12-25-20(28-19)26-14-8-9-17-13(11-14)7-10-18(30)27-17/h2-6,8-9,11-12H,7,10H2,1H3,(H,27,30)(H,25,26,28). The number of carbonyl (C=O) groups excluding carboxylic acids is 1. The minimum Gasteiger partial charge on any atom is -0.329 e. The van der Waals surface area contributed by atoms with E-state index in [2.05, 4.69) is 20.6 Å². The van der Waals surface area contributed by atoms with Gasteiger partial charge in [-0.15, -0.1) is 0 Å². The average Bonchev–Trinajstić information content (AvgIpc) is 2.73. The predicted molar refractivity (Wildman–Crippen MR) is 108 cm³/mol. The van der Waals surface area contributed by atoms with Gasteiger partial charge >= 0.3 is 6.18 Å². The first-order chi connectivity index (χ1) is 14.3. The Kier molecular flexibility index (Phi) is 5.03. The lowest BCUT2D eigenvalue weighted by Crippen LogP contribution is -2.20. The molecule has 0 unspecified atom stereocenters. The van der Waals surface area contributed by atoms with E-state index in [1.165, 1.54) is 11.9 Å². The smallest absolute Gasteiger partial charge is 0.329 e. The zero-order valence-electron chi connectivity index (χ0n) is 16.0. The van der Waals surface area contributed by atoms with E-state index >= 15 is 0 Å². The first-order valence-corrected chi connectivity index (χ1v) is 9.24. The summed E-state index contributed by atoms with van der Waals surface area (Å²) >= 11 is 0. The van der Waals surface area contributed by atoms with Crippen molar-refractivity contribution in [2.24, 2.45) is 0 Å². The van der Waals surface area contributed by atoms with Crippen LogP contribution in [0.15, 0.2) is 54.7 Å². The maximum absolute atomic E-state index is 13.5. The van der Waals surface area contributed by atoms with Crippen LogP contribution in [0.3, 0.4) is 0 Å². The summed E-state index contributed by atoms with van der Waals surface area (Å²) in [7, 11) is 1.53. The van der Waals surface area contributed by atoms with Crippen molar-refractivity contribution in [3.05, 3.63) is 65.9 Å². The zero-order chi connectivity index (χ0) is 21.3. The molecule has 4 rings (SSSR count). The van der Waals surface area contributed by atoms with Gasteiger partial charge in [0.25, 0.3) is 0 Å². The van der Waals surface area contributed by atoms with E-state index in [9.17, 15) is 18.0 Å². The van der Waals surface area contributed by atoms with Crippen molar-refractivity contribution >= 4 is 34.7 Å². The van der Waals surface area contributed by atoms with Crippen LogP contribution in [0, 0.1) is 0 Å². The van der Waals surface area contributed by atoms with Gasteiger partial charge in [-0.25, -0.2) is 4.98 Å². The summed E-state index contributed by atoms with van der Waals surface area (Å²) in [6, 6.07) is 14.0. The molecule has 154 valence electrons. The molecular weight excluding hydrogens is 395 g/mol. The number of fused-ring (bicyclic) bond motifs is 1. The monoisotopic (exact) mass is 413 g/mol. The molecule has 2 N–H and O–H groups in total. The highest BCUT2D eigenvalue weighted by atomic mass is 19.4. The number of carbonyl (C=O) groups is 1. The molecule has 9 heteroatoms. The Hall–Kier alpha value is -3.62. The summed E-state index contributed by atoms with van der Waals surface area (Å²) in [4.78, 5) is 20.9. The summed E-state index contributed by atoms with van der Waals surface area (Å²) in [5.41, 5.74) is 1.94. The lowest BCUT2D eigenvalue weighted by Gasteiger charge is -2.23. The third kappa shape index (κ3) is 4.05. The van der Waals surface area contributed by atoms with E-state index in [-0.39, 0.29) is 17.7 Å². The highest BCUT2D eigenvalue weighted by Crippen LogP contribution is 2.37. The minimum atomic E-state index is -4.60. The number of aryl methyl sites for hydroxylation is 1. The predicted octanol–water partition coefficient (Wildman–Crippen LogP) is 4.89. The van der Waals surface area contributed by atoms with Gasteiger partial charge in [-0.05, 0) is 42.3 Å². The van der Waals surface area contributed by atoms with Crippen LogP contribution in [0.2, 0.25) is 0 Å². The Balaban J connectivity index is 1.67. The molecular formula is C21H18F3N5O. The van der Waals surface area contributed by atoms with Crippen molar-refractivity contribution in [1.29, 1.82) is 0 Å². The summed E-state index contributed by atoms with van der Waals surface area (Å²) < 4.78 is 40.6. The van der Waals surface area contributed by atoms with Crippen LogP contribution in [-0.4, -0.2) is 22.9 Å². The van der Waals surface area contributed by atoms with E-state index in [4.69, 9.17) is 0 Å². The Bertz CT molecular complexity index is 1090. The summed E-state index contributed by atoms with van der Waals surface area (Å²) in [5, 5.41) is 5.75. The molecule has 1 aliphatic rings. The number of halogens is 3. The van der Waals surface area contributed by atoms with Gasteiger partial charge in [-0.2, -0.15) is 18.2 Å². The van der Waals surface area contributed by atoms with Gasteiger partial charge in [0.2, 0.25) is 11.9 Å². The Labute approximate surface area is 170 Å². The second-order valence-corrected chi connectivity index (χ2v) is 6.87. The van der Waals surface area contributed by atoms with Gasteiger partial charge in [0, 0.05) is 36.7 Å². The highest BCUT2D eigenvalue weighted by Gasteiger charge is 2.36. The van der Waals surface area contributed by atoms with Gasteiger partial charge in [0.1, 0.15) is 5.56 Å². The number of amides is 1. The van der Waals surface area contributed by atoms with E-state index < -0.39 is 11.7 Å². The Morgan fingerprint density at radius 3 is 2.60 bits per heavy atom. The number of nitrogens with one attached hydrogen (secondary N) is 2. The largest absolute Gasteiger partial charge is 0.421 e. The Morgan fingerprint density at radius 2 is 1.87 bits per heavy atom. The SMILES string of the molecule is CN(c1ccccc1)c1nc(Nc2ccc3c(c2)CCC(=O)N3)ncc1C(F)(F)F. The minimum absolute atomic E-state index is 0.0390. The lowest BCUT2D eigenvalue weighted by atomic mass is 10.0. The second kappa shape index (κ2) is 7.66. The maximum atomic E-state index is 13.5. The molecule has 0 saturated carbocycles. The van der Waals surface area contributed by atoms with Crippen LogP contribution in [0.25, 0.3) is 0 Å². The molecule has 6 nitrogen and oxygen atoms in total. The molecule has 1 amide bonds. The van der Waals surface area contributed by atoms with E-state index in [1.54, 1.807) is 42.5 Å². The molecule has 2 aromatic carbocycles. The van der Waals surface area contributed by atoms with Crippen molar-refractivity contribution in [3.63, 3.8) is 0 Å². The van der Waals surface area contributed by atoms with E-state index in [1.807, 2.05) is 6.07 Å². The fourth-order valence-electron chi connectivity index (χ4n) is 3.25. The Morgan fingerprint density at radius 1 is 1.10 bits per heavy atom. The molecule has 0 atom stereocenters. The lowest BCUT2D eigenvalue weighted by molar-refractivity contribution is -0.137. The molecule has 3 aromatic rings. The number of hydrogen-bond acceptors (Lipinski definition) is 5. The van der Waals surface area contributed by atoms with Crippen LogP contribution >= 0.6 is 0 Å². The van der Waals surface area contributed by atoms with Crippen LogP contribution in [0.5, 0.6) is 0 Å². The third-order valence-corrected chi connectivity index (χ3v) is 4.79. The van der Waals surface area contributed by atoms with Crippen LogP contribution in [0.4, 0.5) is 42.0 Å². The fraction of sp³-hybridized carbons (Fsp3) is 0.190. The van der Waals surface area contributed by atoms with Crippen LogP contribution < -0.4 is 15.5 Å². The molecule has 30 heavy (non-hydrogen) atoms. The number of benzene rings is 2. The van der Waals surface area contributed by atoms with E-state index in [0.717, 1.165) is 17.4 Å². The van der Waals surface area contributed by atoms with Crippen LogP contribution in [-0.2, 0) is 17.4 Å². The normalized spacial score (nSPS) is 13.4. The third-order valence-electron chi connectivity index (χ3n) is 4.79. The average molecular weight is 413 g/mol. The maximum Gasteiger partial charge on any atom is 0.421 e. The van der Waals surface area contributed by atoms with Gasteiger partial charge in [0.05, 0.1) is 0 Å². The molecule has 0 saturated heterocycles. The second-order valence-electron chi connectivity index (χ2n) is 6.87. The molecule has 1 aromatic heterocycles. The molecule has 0 radical (unpaired) electrons. The van der Waals surface area contributed by atoms with Gasteiger partial charge in [0.15, 0.2) is 5.82 Å². The fourth-order valence-corrected chi connectivity index (χ4v) is 3.25. The van der Waals surface area contributed by atoms with Crippen molar-refractivity contribution < 1.29 is 18.0 Å². The van der Waals surface area contributed by atoms with Crippen molar-refractivity contribution in [2.75, 3.05) is 22.6 Å². The number of rotatable bonds is 4. The zero-order valence-corrected chi connectivity index (χ0v) is 16.0. The van der Waals surface area contributed by atoms with Crippen molar-refractivity contribution in [1.82, 2.24) is 9.97 Å². The quantitative estimate of drug-likeness (QED) is 0.637. The number of nitrogens with zero attached hydrogens (tertiary/aromatic N) is 3. The first kappa shape index (κ1) is 19.7. The number of aromatic nitrogens is 2. The first-order valence-electron chi connectivity index (χ1n) is 9.24.